The zero-order chi connectivity index (χ0) is 21.7. The monoisotopic (exact) mass is 416 g/mol. The fourth-order valence-corrected chi connectivity index (χ4v) is 3.12. The van der Waals surface area contributed by atoms with E-state index in [9.17, 15) is 9.59 Å². The summed E-state index contributed by atoms with van der Waals surface area (Å²) in [5.41, 5.74) is 0.220. The molecule has 0 fully saturated rings. The number of carbonyl (C=O) groups excluding carboxylic acids is 2. The van der Waals surface area contributed by atoms with Crippen molar-refractivity contribution in [3.05, 3.63) is 48.3 Å². The summed E-state index contributed by atoms with van der Waals surface area (Å²) in [6.45, 7) is 6.10. The summed E-state index contributed by atoms with van der Waals surface area (Å²) in [5.74, 6) is 0.901. The molecule has 2 aromatic rings. The highest BCUT2D eigenvalue weighted by molar-refractivity contribution is 6.01. The van der Waals surface area contributed by atoms with Gasteiger partial charge < -0.3 is 23.8 Å². The lowest BCUT2D eigenvalue weighted by Gasteiger charge is -2.29. The lowest BCUT2D eigenvalue weighted by molar-refractivity contribution is -0.134. The molecule has 1 N–H and O–H groups in total. The highest BCUT2D eigenvalue weighted by Crippen LogP contribution is 2.33. The minimum Gasteiger partial charge on any atom is -0.467 e. The van der Waals surface area contributed by atoms with Crippen LogP contribution in [-0.4, -0.2) is 59.9 Å². The number of rotatable bonds is 7. The smallest absolute Gasteiger partial charge is 0.318 e. The quantitative estimate of drug-likeness (QED) is 0.748. The summed E-state index contributed by atoms with van der Waals surface area (Å²) in [6, 6.07) is 6.41. The Morgan fingerprint density at radius 1 is 1.27 bits per heavy atom. The molecule has 3 amide bonds. The lowest BCUT2D eigenvalue weighted by Crippen LogP contribution is -2.52. The Bertz CT molecular complexity index is 868. The standard InChI is InChI=1S/C21H28N4O5/c1-21(2,3)22-20(27)24(9-12-28-4)14-19(26)25-16(18-8-6-11-30-18)13-15(23-25)17-7-5-10-29-17/h5-8,10-11,16H,9,12-14H2,1-4H3,(H,22,27)/t16-/m1/s1. The summed E-state index contributed by atoms with van der Waals surface area (Å²) in [5, 5.41) is 8.75. The molecule has 9 heteroatoms. The van der Waals surface area contributed by atoms with Crippen molar-refractivity contribution in [1.82, 2.24) is 15.2 Å². The SMILES string of the molecule is COCCN(CC(=O)N1N=C(c2ccco2)C[C@@H]1c1ccco1)C(=O)NC(C)(C)C. The lowest BCUT2D eigenvalue weighted by atomic mass is 10.1. The summed E-state index contributed by atoms with van der Waals surface area (Å²) >= 11 is 0. The van der Waals surface area contributed by atoms with Gasteiger partial charge >= 0.3 is 6.03 Å². The van der Waals surface area contributed by atoms with E-state index < -0.39 is 11.6 Å². The Labute approximate surface area is 175 Å². The molecular formula is C21H28N4O5. The van der Waals surface area contributed by atoms with Gasteiger partial charge in [0.15, 0.2) is 0 Å². The Morgan fingerprint density at radius 2 is 2.00 bits per heavy atom. The number of amides is 3. The van der Waals surface area contributed by atoms with Crippen LogP contribution in [0.25, 0.3) is 0 Å². The summed E-state index contributed by atoms with van der Waals surface area (Å²) in [4.78, 5) is 27.3. The van der Waals surface area contributed by atoms with E-state index in [0.29, 0.717) is 30.3 Å². The second-order valence-electron chi connectivity index (χ2n) is 8.09. The Balaban J connectivity index is 1.80. The molecule has 9 nitrogen and oxygen atoms in total. The van der Waals surface area contributed by atoms with Gasteiger partial charge in [-0.1, -0.05) is 0 Å². The van der Waals surface area contributed by atoms with Crippen molar-refractivity contribution in [2.24, 2.45) is 5.10 Å². The van der Waals surface area contributed by atoms with Crippen LogP contribution in [0, 0.1) is 0 Å². The molecule has 0 radical (unpaired) electrons. The van der Waals surface area contributed by atoms with Crippen molar-refractivity contribution in [3.63, 3.8) is 0 Å². The van der Waals surface area contributed by atoms with Crippen molar-refractivity contribution in [3.8, 4) is 0 Å². The molecule has 0 unspecified atom stereocenters. The first-order valence-corrected chi connectivity index (χ1v) is 9.81. The molecule has 2 aromatic heterocycles. The Morgan fingerprint density at radius 3 is 2.60 bits per heavy atom. The molecule has 0 saturated carbocycles. The van der Waals surface area contributed by atoms with Crippen molar-refractivity contribution < 1.29 is 23.2 Å². The molecule has 0 saturated heterocycles. The van der Waals surface area contributed by atoms with E-state index in [4.69, 9.17) is 13.6 Å². The van der Waals surface area contributed by atoms with Gasteiger partial charge in [0.1, 0.15) is 29.8 Å². The maximum Gasteiger partial charge on any atom is 0.318 e. The summed E-state index contributed by atoms with van der Waals surface area (Å²) < 4.78 is 16.1. The fourth-order valence-electron chi connectivity index (χ4n) is 3.12. The Kier molecular flexibility index (Phi) is 6.61. The van der Waals surface area contributed by atoms with Crippen molar-refractivity contribution >= 4 is 17.6 Å². The maximum atomic E-state index is 13.2. The molecule has 0 aromatic carbocycles. The highest BCUT2D eigenvalue weighted by atomic mass is 16.5. The molecule has 3 heterocycles. The third-order valence-electron chi connectivity index (χ3n) is 4.50. The van der Waals surface area contributed by atoms with E-state index in [1.54, 1.807) is 43.9 Å². The largest absolute Gasteiger partial charge is 0.467 e. The number of urea groups is 1. The van der Waals surface area contributed by atoms with Crippen LogP contribution in [-0.2, 0) is 9.53 Å². The number of hydrogen-bond acceptors (Lipinski definition) is 6. The van der Waals surface area contributed by atoms with Gasteiger partial charge in [-0.25, -0.2) is 9.80 Å². The molecule has 1 aliphatic rings. The van der Waals surface area contributed by atoms with Crippen LogP contribution in [0.15, 0.2) is 50.7 Å². The van der Waals surface area contributed by atoms with Gasteiger partial charge in [0.05, 0.1) is 19.1 Å². The average molecular weight is 416 g/mol. The first-order valence-electron chi connectivity index (χ1n) is 9.81. The number of nitrogens with one attached hydrogen (secondary N) is 1. The molecule has 1 atom stereocenters. The molecule has 0 aliphatic carbocycles. The number of nitrogens with zero attached hydrogens (tertiary/aromatic N) is 3. The van der Waals surface area contributed by atoms with Crippen LogP contribution in [0.2, 0.25) is 0 Å². The highest BCUT2D eigenvalue weighted by Gasteiger charge is 2.36. The van der Waals surface area contributed by atoms with Gasteiger partial charge in [-0.2, -0.15) is 5.10 Å². The van der Waals surface area contributed by atoms with Gasteiger partial charge in [0, 0.05) is 25.6 Å². The van der Waals surface area contributed by atoms with E-state index in [1.165, 1.54) is 9.91 Å². The second kappa shape index (κ2) is 9.17. The number of hydrazone groups is 1. The van der Waals surface area contributed by atoms with Crippen LogP contribution >= 0.6 is 0 Å². The number of methoxy groups -OCH3 is 1. The first kappa shape index (κ1) is 21.6. The van der Waals surface area contributed by atoms with E-state index in [-0.39, 0.29) is 25.0 Å². The predicted octanol–water partition coefficient (Wildman–Crippen LogP) is 3.01. The number of ether oxygens (including phenoxy) is 1. The fraction of sp³-hybridized carbons (Fsp3) is 0.476. The zero-order valence-electron chi connectivity index (χ0n) is 17.8. The molecule has 162 valence electrons. The van der Waals surface area contributed by atoms with Crippen molar-refractivity contribution in [2.45, 2.75) is 38.8 Å². The van der Waals surface area contributed by atoms with Gasteiger partial charge in [0.25, 0.3) is 5.91 Å². The summed E-state index contributed by atoms with van der Waals surface area (Å²) in [6.07, 6.45) is 3.58. The van der Waals surface area contributed by atoms with Crippen LogP contribution in [0.3, 0.4) is 0 Å². The van der Waals surface area contributed by atoms with E-state index in [2.05, 4.69) is 10.4 Å². The van der Waals surface area contributed by atoms with Crippen molar-refractivity contribution in [2.75, 3.05) is 26.8 Å². The van der Waals surface area contributed by atoms with E-state index in [1.807, 2.05) is 20.8 Å². The number of furan rings is 2. The van der Waals surface area contributed by atoms with Crippen LogP contribution in [0.1, 0.15) is 44.8 Å². The molecule has 0 spiro atoms. The van der Waals surface area contributed by atoms with E-state index >= 15 is 0 Å². The minimum absolute atomic E-state index is 0.141. The second-order valence-corrected chi connectivity index (χ2v) is 8.09. The zero-order valence-corrected chi connectivity index (χ0v) is 17.8. The first-order chi connectivity index (χ1) is 14.3. The third-order valence-corrected chi connectivity index (χ3v) is 4.50. The maximum absolute atomic E-state index is 13.2. The van der Waals surface area contributed by atoms with Gasteiger partial charge in [0.2, 0.25) is 0 Å². The topological polar surface area (TPSA) is 101 Å². The molecular weight excluding hydrogens is 388 g/mol. The number of carbonyl (C=O) groups is 2. The average Bonchev–Trinajstić information content (AvgIpc) is 3.43. The molecule has 3 rings (SSSR count). The van der Waals surface area contributed by atoms with Crippen LogP contribution < -0.4 is 5.32 Å². The van der Waals surface area contributed by atoms with Gasteiger partial charge in [-0.3, -0.25) is 4.79 Å². The van der Waals surface area contributed by atoms with Gasteiger partial charge in [-0.15, -0.1) is 0 Å². The predicted molar refractivity (Wildman–Crippen MR) is 110 cm³/mol. The summed E-state index contributed by atoms with van der Waals surface area (Å²) in [7, 11) is 1.55. The normalized spacial score (nSPS) is 16.5. The van der Waals surface area contributed by atoms with Gasteiger partial charge in [-0.05, 0) is 45.0 Å². The van der Waals surface area contributed by atoms with Crippen LogP contribution in [0.5, 0.6) is 0 Å². The molecule has 30 heavy (non-hydrogen) atoms. The third kappa shape index (κ3) is 5.29. The minimum atomic E-state index is -0.430. The molecule has 1 aliphatic heterocycles. The van der Waals surface area contributed by atoms with Crippen LogP contribution in [0.4, 0.5) is 4.79 Å². The van der Waals surface area contributed by atoms with Crippen molar-refractivity contribution in [1.29, 1.82) is 0 Å². The number of hydrogen-bond donors (Lipinski definition) is 1. The van der Waals surface area contributed by atoms with E-state index in [0.717, 1.165) is 0 Å². The molecule has 0 bridgehead atoms. The Hall–Kier alpha value is -3.07.